The summed E-state index contributed by atoms with van der Waals surface area (Å²) in [6, 6.07) is 8.60. The van der Waals surface area contributed by atoms with E-state index in [1.165, 1.54) is 18.2 Å². The fourth-order valence-corrected chi connectivity index (χ4v) is 2.41. The van der Waals surface area contributed by atoms with E-state index < -0.39 is 17.5 Å². The van der Waals surface area contributed by atoms with Crippen LogP contribution in [0.15, 0.2) is 36.4 Å². The van der Waals surface area contributed by atoms with Gasteiger partial charge in [-0.25, -0.2) is 13.2 Å². The summed E-state index contributed by atoms with van der Waals surface area (Å²) >= 11 is 5.74. The lowest BCUT2D eigenvalue weighted by Crippen LogP contribution is -2.30. The smallest absolute Gasteiger partial charge is 0.162 e. The van der Waals surface area contributed by atoms with Crippen LogP contribution in [0.25, 0.3) is 0 Å². The highest BCUT2D eigenvalue weighted by atomic mass is 35.5. The van der Waals surface area contributed by atoms with Crippen LogP contribution in [0.4, 0.5) is 13.2 Å². The third-order valence-electron chi connectivity index (χ3n) is 3.40. The van der Waals surface area contributed by atoms with E-state index in [0.29, 0.717) is 12.0 Å². The van der Waals surface area contributed by atoms with Gasteiger partial charge in [0, 0.05) is 6.04 Å². The molecule has 0 aliphatic carbocycles. The lowest BCUT2D eigenvalue weighted by atomic mass is 9.98. The standard InChI is InChI=1S/C16H15ClF3N/c1-21-12(8-10-4-2-6-13(17)15(10)19)9-11-5-3-7-14(18)16(11)20/h2-7,12,21H,8-9H2,1H3. The Labute approximate surface area is 126 Å². The van der Waals surface area contributed by atoms with Crippen molar-refractivity contribution in [3.8, 4) is 0 Å². The van der Waals surface area contributed by atoms with E-state index in [9.17, 15) is 13.2 Å². The molecule has 112 valence electrons. The Morgan fingerprint density at radius 2 is 1.52 bits per heavy atom. The fraction of sp³-hybridized carbons (Fsp3) is 0.250. The molecule has 0 spiro atoms. The van der Waals surface area contributed by atoms with Crippen LogP contribution in [-0.4, -0.2) is 13.1 Å². The summed E-state index contributed by atoms with van der Waals surface area (Å²) in [4.78, 5) is 0. The molecule has 1 unspecified atom stereocenters. The number of halogens is 4. The Morgan fingerprint density at radius 1 is 0.952 bits per heavy atom. The zero-order chi connectivity index (χ0) is 15.4. The molecular weight excluding hydrogens is 299 g/mol. The summed E-state index contributed by atoms with van der Waals surface area (Å²) in [5.41, 5.74) is 0.704. The number of nitrogens with one attached hydrogen (secondary N) is 1. The molecule has 1 N–H and O–H groups in total. The molecule has 0 saturated carbocycles. The summed E-state index contributed by atoms with van der Waals surface area (Å²) in [6.45, 7) is 0. The largest absolute Gasteiger partial charge is 0.316 e. The Balaban J connectivity index is 2.17. The van der Waals surface area contributed by atoms with Crippen molar-refractivity contribution in [1.29, 1.82) is 0 Å². The van der Waals surface area contributed by atoms with Crippen LogP contribution >= 0.6 is 11.6 Å². The van der Waals surface area contributed by atoms with Crippen LogP contribution in [-0.2, 0) is 12.8 Å². The molecule has 0 fully saturated rings. The van der Waals surface area contributed by atoms with Crippen molar-refractivity contribution in [2.24, 2.45) is 0 Å². The highest BCUT2D eigenvalue weighted by molar-refractivity contribution is 6.30. The van der Waals surface area contributed by atoms with E-state index in [1.807, 2.05) is 0 Å². The molecule has 0 aromatic heterocycles. The summed E-state index contributed by atoms with van der Waals surface area (Å²) in [5.74, 6) is -2.21. The summed E-state index contributed by atoms with van der Waals surface area (Å²) < 4.78 is 40.8. The van der Waals surface area contributed by atoms with Crippen molar-refractivity contribution in [2.45, 2.75) is 18.9 Å². The molecule has 2 aromatic rings. The van der Waals surface area contributed by atoms with Crippen LogP contribution in [0, 0.1) is 17.5 Å². The lowest BCUT2D eigenvalue weighted by molar-refractivity contribution is 0.479. The zero-order valence-corrected chi connectivity index (χ0v) is 12.2. The molecule has 0 amide bonds. The molecule has 0 heterocycles. The monoisotopic (exact) mass is 313 g/mol. The predicted octanol–water partition coefficient (Wildman–Crippen LogP) is 4.13. The first kappa shape index (κ1) is 15.9. The summed E-state index contributed by atoms with van der Waals surface area (Å²) in [5, 5.41) is 3.05. The van der Waals surface area contributed by atoms with Gasteiger partial charge in [-0.1, -0.05) is 35.9 Å². The molecule has 1 atom stereocenters. The van der Waals surface area contributed by atoms with Gasteiger partial charge in [0.05, 0.1) is 5.02 Å². The second kappa shape index (κ2) is 6.96. The molecule has 0 saturated heterocycles. The minimum atomic E-state index is -0.878. The molecule has 1 nitrogen and oxygen atoms in total. The van der Waals surface area contributed by atoms with E-state index in [-0.39, 0.29) is 23.0 Å². The first-order valence-electron chi connectivity index (χ1n) is 6.56. The first-order valence-corrected chi connectivity index (χ1v) is 6.93. The maximum Gasteiger partial charge on any atom is 0.162 e. The number of hydrogen-bond acceptors (Lipinski definition) is 1. The van der Waals surface area contributed by atoms with Crippen LogP contribution < -0.4 is 5.32 Å². The highest BCUT2D eigenvalue weighted by Gasteiger charge is 2.16. The van der Waals surface area contributed by atoms with Crippen molar-refractivity contribution in [1.82, 2.24) is 5.32 Å². The van der Waals surface area contributed by atoms with Crippen LogP contribution in [0.5, 0.6) is 0 Å². The average Bonchev–Trinajstić information content (AvgIpc) is 2.47. The van der Waals surface area contributed by atoms with Crippen molar-refractivity contribution >= 4 is 11.6 Å². The van der Waals surface area contributed by atoms with E-state index in [2.05, 4.69) is 5.32 Å². The molecule has 0 bridgehead atoms. The van der Waals surface area contributed by atoms with Gasteiger partial charge in [-0.3, -0.25) is 0 Å². The maximum atomic E-state index is 13.9. The number of likely N-dealkylation sites (N-methyl/N-ethyl adjacent to an activating group) is 1. The Kier molecular flexibility index (Phi) is 5.26. The molecule has 2 rings (SSSR count). The fourth-order valence-electron chi connectivity index (χ4n) is 2.22. The Bertz CT molecular complexity index is 577. The third kappa shape index (κ3) is 3.77. The normalized spacial score (nSPS) is 12.4. The topological polar surface area (TPSA) is 12.0 Å². The van der Waals surface area contributed by atoms with Gasteiger partial charge in [0.25, 0.3) is 0 Å². The van der Waals surface area contributed by atoms with E-state index in [1.54, 1.807) is 19.2 Å². The maximum absolute atomic E-state index is 13.9. The van der Waals surface area contributed by atoms with Crippen LogP contribution in [0.3, 0.4) is 0 Å². The van der Waals surface area contributed by atoms with Crippen molar-refractivity contribution in [2.75, 3.05) is 7.05 Å². The number of benzene rings is 2. The van der Waals surface area contributed by atoms with E-state index >= 15 is 0 Å². The number of hydrogen-bond donors (Lipinski definition) is 1. The number of rotatable bonds is 5. The second-order valence-corrected chi connectivity index (χ2v) is 5.23. The van der Waals surface area contributed by atoms with E-state index in [0.717, 1.165) is 6.07 Å². The van der Waals surface area contributed by atoms with Gasteiger partial charge in [-0.05, 0) is 43.1 Å². The Hall–Kier alpha value is -1.52. The summed E-state index contributed by atoms with van der Waals surface area (Å²) in [7, 11) is 1.70. The van der Waals surface area contributed by atoms with Gasteiger partial charge in [0.2, 0.25) is 0 Å². The van der Waals surface area contributed by atoms with Crippen molar-refractivity contribution in [3.63, 3.8) is 0 Å². The third-order valence-corrected chi connectivity index (χ3v) is 3.70. The highest BCUT2D eigenvalue weighted by Crippen LogP contribution is 2.20. The van der Waals surface area contributed by atoms with Crippen LogP contribution in [0.1, 0.15) is 11.1 Å². The molecule has 5 heteroatoms. The Morgan fingerprint density at radius 3 is 2.14 bits per heavy atom. The van der Waals surface area contributed by atoms with Crippen molar-refractivity contribution < 1.29 is 13.2 Å². The predicted molar refractivity (Wildman–Crippen MR) is 78.0 cm³/mol. The minimum absolute atomic E-state index is 0.0549. The van der Waals surface area contributed by atoms with Crippen molar-refractivity contribution in [3.05, 3.63) is 70.0 Å². The molecule has 2 aromatic carbocycles. The van der Waals surface area contributed by atoms with E-state index in [4.69, 9.17) is 11.6 Å². The van der Waals surface area contributed by atoms with Gasteiger partial charge in [0.15, 0.2) is 11.6 Å². The van der Waals surface area contributed by atoms with Gasteiger partial charge in [-0.2, -0.15) is 0 Å². The van der Waals surface area contributed by atoms with Crippen LogP contribution in [0.2, 0.25) is 5.02 Å². The zero-order valence-electron chi connectivity index (χ0n) is 11.5. The lowest BCUT2D eigenvalue weighted by Gasteiger charge is -2.17. The van der Waals surface area contributed by atoms with Gasteiger partial charge in [-0.15, -0.1) is 0 Å². The molecule has 0 radical (unpaired) electrons. The van der Waals surface area contributed by atoms with Gasteiger partial charge in [0.1, 0.15) is 5.82 Å². The first-order chi connectivity index (χ1) is 10.0. The summed E-state index contributed by atoms with van der Waals surface area (Å²) in [6.07, 6.45) is 0.588. The molecular formula is C16H15ClF3N. The minimum Gasteiger partial charge on any atom is -0.316 e. The second-order valence-electron chi connectivity index (χ2n) is 4.82. The SMILES string of the molecule is CNC(Cc1cccc(F)c1F)Cc1cccc(Cl)c1F. The molecule has 21 heavy (non-hydrogen) atoms. The quantitative estimate of drug-likeness (QED) is 0.875. The van der Waals surface area contributed by atoms with Gasteiger partial charge >= 0.3 is 0 Å². The average molecular weight is 314 g/mol. The molecule has 0 aliphatic rings. The molecule has 0 aliphatic heterocycles. The van der Waals surface area contributed by atoms with Gasteiger partial charge < -0.3 is 5.32 Å².